The van der Waals surface area contributed by atoms with E-state index in [2.05, 4.69) is 15.8 Å². The van der Waals surface area contributed by atoms with Gasteiger partial charge < -0.3 is 14.8 Å². The van der Waals surface area contributed by atoms with Gasteiger partial charge in [0.05, 0.1) is 6.21 Å². The van der Waals surface area contributed by atoms with E-state index in [9.17, 15) is 9.59 Å². The fraction of sp³-hybridized carbons (Fsp3) is 0.320. The average molecular weight is 436 g/mol. The predicted octanol–water partition coefficient (Wildman–Crippen LogP) is 4.09. The molecule has 2 aromatic rings. The van der Waals surface area contributed by atoms with E-state index in [4.69, 9.17) is 9.47 Å². The van der Waals surface area contributed by atoms with Gasteiger partial charge in [-0.3, -0.25) is 4.79 Å². The quantitative estimate of drug-likeness (QED) is 0.528. The highest BCUT2D eigenvalue weighted by Gasteiger charge is 2.25. The first kappa shape index (κ1) is 23.1. The van der Waals surface area contributed by atoms with Gasteiger partial charge in [0.2, 0.25) is 0 Å². The molecule has 168 valence electrons. The minimum Gasteiger partial charge on any atom is -0.485 e. The van der Waals surface area contributed by atoms with E-state index in [1.807, 2.05) is 67.6 Å². The second kappa shape index (κ2) is 10.1. The first-order valence-electron chi connectivity index (χ1n) is 10.5. The van der Waals surface area contributed by atoms with E-state index in [1.54, 1.807) is 27.0 Å². The molecule has 2 N–H and O–H groups in total. The normalized spacial score (nSPS) is 16.4. The summed E-state index contributed by atoms with van der Waals surface area (Å²) >= 11 is 0. The van der Waals surface area contributed by atoms with Gasteiger partial charge >= 0.3 is 6.09 Å². The van der Waals surface area contributed by atoms with Crippen LogP contribution in [-0.2, 0) is 16.0 Å². The van der Waals surface area contributed by atoms with Crippen LogP contribution in [0.5, 0.6) is 5.75 Å². The molecule has 0 aliphatic carbocycles. The molecule has 1 aliphatic heterocycles. The Morgan fingerprint density at radius 1 is 1.12 bits per heavy atom. The smallest absolute Gasteiger partial charge is 0.408 e. The molecule has 7 heteroatoms. The van der Waals surface area contributed by atoms with Crippen molar-refractivity contribution in [3.8, 4) is 5.75 Å². The summed E-state index contributed by atoms with van der Waals surface area (Å²) < 4.78 is 11.2. The molecule has 0 spiro atoms. The van der Waals surface area contributed by atoms with Crippen LogP contribution in [0.15, 0.2) is 65.3 Å². The number of carbonyl (C=O) groups excluding carboxylic acids is 2. The molecular weight excluding hydrogens is 406 g/mol. The molecule has 0 unspecified atom stereocenters. The number of benzene rings is 2. The van der Waals surface area contributed by atoms with Crippen molar-refractivity contribution in [1.82, 2.24) is 10.7 Å². The largest absolute Gasteiger partial charge is 0.485 e. The van der Waals surface area contributed by atoms with Crippen LogP contribution in [0.2, 0.25) is 0 Å². The summed E-state index contributed by atoms with van der Waals surface area (Å²) in [7, 11) is 0. The van der Waals surface area contributed by atoms with Gasteiger partial charge in [-0.2, -0.15) is 5.10 Å². The van der Waals surface area contributed by atoms with Crippen molar-refractivity contribution in [2.45, 2.75) is 51.9 Å². The molecule has 0 bridgehead atoms. The molecule has 0 saturated carbocycles. The first-order valence-corrected chi connectivity index (χ1v) is 10.5. The molecule has 1 heterocycles. The summed E-state index contributed by atoms with van der Waals surface area (Å²) in [5, 5.41) is 6.74. The number of carbonyl (C=O) groups is 2. The van der Waals surface area contributed by atoms with Crippen LogP contribution < -0.4 is 15.5 Å². The summed E-state index contributed by atoms with van der Waals surface area (Å²) in [4.78, 5) is 25.1. The number of nitrogens with one attached hydrogen (secondary N) is 2. The van der Waals surface area contributed by atoms with Crippen LogP contribution in [-0.4, -0.2) is 36.0 Å². The fourth-order valence-electron chi connectivity index (χ4n) is 3.16. The van der Waals surface area contributed by atoms with Crippen molar-refractivity contribution < 1.29 is 19.1 Å². The lowest BCUT2D eigenvalue weighted by molar-refractivity contribution is -0.123. The van der Waals surface area contributed by atoms with Gasteiger partial charge in [-0.25, -0.2) is 10.2 Å². The molecule has 32 heavy (non-hydrogen) atoms. The third-order valence-electron chi connectivity index (χ3n) is 4.69. The van der Waals surface area contributed by atoms with Crippen molar-refractivity contribution in [2.24, 2.45) is 5.10 Å². The summed E-state index contributed by atoms with van der Waals surface area (Å²) in [6.45, 7) is 7.21. The molecule has 3 rings (SSSR count). The highest BCUT2D eigenvalue weighted by atomic mass is 16.6. The average Bonchev–Trinajstić information content (AvgIpc) is 2.73. The van der Waals surface area contributed by atoms with Gasteiger partial charge in [-0.1, -0.05) is 48.5 Å². The Balaban J connectivity index is 1.69. The Bertz CT molecular complexity index is 1010. The second-order valence-electron chi connectivity index (χ2n) is 8.57. The minimum atomic E-state index is -0.848. The molecule has 0 saturated heterocycles. The van der Waals surface area contributed by atoms with E-state index < -0.39 is 23.6 Å². The Hall–Kier alpha value is -3.61. The Morgan fingerprint density at radius 3 is 2.53 bits per heavy atom. The lowest BCUT2D eigenvalue weighted by Gasteiger charge is -2.23. The topological polar surface area (TPSA) is 89.0 Å². The standard InChI is InChI=1S/C25H29N3O4/c1-17-20(15-19-12-8-9-13-22(19)31-17)16-26-28-23(29)21(14-18-10-6-5-7-11-18)27-24(30)32-25(2,3)4/h5-13,15-17,21H,14H2,1-4H3,(H,27,30)(H,28,29)/b26-16-/t17-,21-/m0/s1. The zero-order valence-electron chi connectivity index (χ0n) is 18.8. The molecule has 0 fully saturated rings. The maximum atomic E-state index is 12.8. The van der Waals surface area contributed by atoms with Crippen LogP contribution in [0.25, 0.3) is 6.08 Å². The maximum Gasteiger partial charge on any atom is 0.408 e. The molecule has 0 aromatic heterocycles. The maximum absolute atomic E-state index is 12.8. The zero-order chi connectivity index (χ0) is 23.1. The van der Waals surface area contributed by atoms with Crippen molar-refractivity contribution in [2.75, 3.05) is 0 Å². The first-order chi connectivity index (χ1) is 15.2. The molecule has 2 amide bonds. The molecule has 7 nitrogen and oxygen atoms in total. The van der Waals surface area contributed by atoms with Gasteiger partial charge in [0.25, 0.3) is 5.91 Å². The lowest BCUT2D eigenvalue weighted by Crippen LogP contribution is -2.48. The lowest BCUT2D eigenvalue weighted by atomic mass is 10.0. The minimum absolute atomic E-state index is 0.203. The number of hydrazone groups is 1. The van der Waals surface area contributed by atoms with E-state index in [0.29, 0.717) is 6.42 Å². The number of amides is 2. The molecule has 2 atom stereocenters. The monoisotopic (exact) mass is 435 g/mol. The molecule has 2 aromatic carbocycles. The molecule has 1 aliphatic rings. The van der Waals surface area contributed by atoms with Crippen molar-refractivity contribution in [3.63, 3.8) is 0 Å². The summed E-state index contributed by atoms with van der Waals surface area (Å²) in [5.74, 6) is 0.368. The van der Waals surface area contributed by atoms with Gasteiger partial charge in [0.1, 0.15) is 23.5 Å². The van der Waals surface area contributed by atoms with Gasteiger partial charge in [-0.15, -0.1) is 0 Å². The second-order valence-corrected chi connectivity index (χ2v) is 8.57. The third-order valence-corrected chi connectivity index (χ3v) is 4.69. The van der Waals surface area contributed by atoms with Gasteiger partial charge in [0, 0.05) is 17.6 Å². The van der Waals surface area contributed by atoms with Crippen LogP contribution in [0, 0.1) is 0 Å². The number of rotatable bonds is 6. The SMILES string of the molecule is C[C@@H]1Oc2ccccc2C=C1/C=N\NC(=O)[C@H](Cc1ccccc1)NC(=O)OC(C)(C)C. The number of ether oxygens (including phenoxy) is 2. The van der Waals surface area contributed by atoms with Gasteiger partial charge in [0.15, 0.2) is 0 Å². The number of alkyl carbamates (subject to hydrolysis) is 1. The Kier molecular flexibility index (Phi) is 7.30. The fourth-order valence-corrected chi connectivity index (χ4v) is 3.16. The number of hydrogen-bond acceptors (Lipinski definition) is 5. The summed E-state index contributed by atoms with van der Waals surface area (Å²) in [6.07, 6.45) is 2.97. The number of fused-ring (bicyclic) bond motifs is 1. The van der Waals surface area contributed by atoms with Crippen molar-refractivity contribution in [1.29, 1.82) is 0 Å². The van der Waals surface area contributed by atoms with Gasteiger partial charge in [-0.05, 0) is 45.4 Å². The molecular formula is C25H29N3O4. The van der Waals surface area contributed by atoms with E-state index in [1.165, 1.54) is 0 Å². The summed E-state index contributed by atoms with van der Waals surface area (Å²) in [5.41, 5.74) is 4.53. The van der Waals surface area contributed by atoms with Crippen LogP contribution in [0.4, 0.5) is 4.79 Å². The van der Waals surface area contributed by atoms with E-state index in [-0.39, 0.29) is 6.10 Å². The number of para-hydroxylation sites is 1. The third kappa shape index (κ3) is 6.70. The molecule has 0 radical (unpaired) electrons. The van der Waals surface area contributed by atoms with Crippen LogP contribution >= 0.6 is 0 Å². The highest BCUT2D eigenvalue weighted by Crippen LogP contribution is 2.28. The number of nitrogens with zero attached hydrogens (tertiary/aromatic N) is 1. The Morgan fingerprint density at radius 2 is 1.81 bits per heavy atom. The summed E-state index contributed by atoms with van der Waals surface area (Å²) in [6, 6.07) is 16.3. The van der Waals surface area contributed by atoms with Crippen molar-refractivity contribution >= 4 is 24.3 Å². The number of hydrogen-bond donors (Lipinski definition) is 2. The van der Waals surface area contributed by atoms with E-state index >= 15 is 0 Å². The Labute approximate surface area is 188 Å². The van der Waals surface area contributed by atoms with Crippen molar-refractivity contribution in [3.05, 3.63) is 71.3 Å². The zero-order valence-corrected chi connectivity index (χ0v) is 18.8. The van der Waals surface area contributed by atoms with Crippen LogP contribution in [0.1, 0.15) is 38.8 Å². The van der Waals surface area contributed by atoms with Crippen LogP contribution in [0.3, 0.4) is 0 Å². The highest BCUT2D eigenvalue weighted by molar-refractivity contribution is 5.91. The predicted molar refractivity (Wildman–Crippen MR) is 124 cm³/mol. The van der Waals surface area contributed by atoms with E-state index in [0.717, 1.165) is 22.4 Å².